The molecule has 0 bridgehead atoms. The maximum Gasteiger partial charge on any atom is 0.211 e. The third-order valence-corrected chi connectivity index (χ3v) is 2.43. The van der Waals surface area contributed by atoms with Crippen LogP contribution in [0.5, 0.6) is 5.75 Å². The van der Waals surface area contributed by atoms with Gasteiger partial charge in [-0.3, -0.25) is 4.79 Å². The predicted molar refractivity (Wildman–Crippen MR) is 65.9 cm³/mol. The molecule has 0 aliphatic heterocycles. The van der Waals surface area contributed by atoms with Gasteiger partial charge in [0.2, 0.25) is 6.41 Å². The highest BCUT2D eigenvalue weighted by atomic mass is 16.5. The molecule has 3 heteroatoms. The topological polar surface area (TPSA) is 38.3 Å². The maximum absolute atomic E-state index is 10.4. The Morgan fingerprint density at radius 2 is 2.12 bits per heavy atom. The first-order valence-corrected chi connectivity index (χ1v) is 5.13. The number of benzene rings is 1. The van der Waals surface area contributed by atoms with Gasteiger partial charge in [-0.05, 0) is 49.6 Å². The van der Waals surface area contributed by atoms with Crippen molar-refractivity contribution in [3.8, 4) is 5.75 Å². The van der Waals surface area contributed by atoms with E-state index >= 15 is 0 Å². The lowest BCUT2D eigenvalue weighted by Crippen LogP contribution is -2.03. The Morgan fingerprint density at radius 1 is 1.44 bits per heavy atom. The second kappa shape index (κ2) is 5.35. The van der Waals surface area contributed by atoms with Crippen molar-refractivity contribution < 1.29 is 9.53 Å². The number of carbonyl (C=O) groups excluding carboxylic acids is 1. The Bertz CT molecular complexity index is 411. The van der Waals surface area contributed by atoms with Gasteiger partial charge in [0, 0.05) is 5.69 Å². The quantitative estimate of drug-likeness (QED) is 0.611. The van der Waals surface area contributed by atoms with Gasteiger partial charge in [0.1, 0.15) is 12.4 Å². The van der Waals surface area contributed by atoms with Crippen LogP contribution in [0.2, 0.25) is 0 Å². The summed E-state index contributed by atoms with van der Waals surface area (Å²) in [4.78, 5) is 10.4. The summed E-state index contributed by atoms with van der Waals surface area (Å²) in [5.41, 5.74) is 3.85. The number of nitrogens with one attached hydrogen (secondary N) is 1. The molecule has 1 aromatic rings. The zero-order valence-corrected chi connectivity index (χ0v) is 9.96. The molecular formula is C13H17NO2. The summed E-state index contributed by atoms with van der Waals surface area (Å²) >= 11 is 0. The van der Waals surface area contributed by atoms with Gasteiger partial charge >= 0.3 is 0 Å². The van der Waals surface area contributed by atoms with Crippen molar-refractivity contribution in [1.29, 1.82) is 0 Å². The summed E-state index contributed by atoms with van der Waals surface area (Å²) in [6.07, 6.45) is 0.677. The molecule has 0 unspecified atom stereocenters. The molecule has 0 heterocycles. The SMILES string of the molecule is C=C(C)COc1ccc(NC=O)c(C)c1C. The number of hydrogen-bond donors (Lipinski definition) is 1. The number of ether oxygens (including phenoxy) is 1. The molecule has 0 radical (unpaired) electrons. The minimum atomic E-state index is 0.515. The molecule has 86 valence electrons. The monoisotopic (exact) mass is 219 g/mol. The highest BCUT2D eigenvalue weighted by Crippen LogP contribution is 2.27. The number of carbonyl (C=O) groups is 1. The van der Waals surface area contributed by atoms with E-state index in [1.54, 1.807) is 0 Å². The zero-order chi connectivity index (χ0) is 12.1. The molecule has 1 aromatic carbocycles. The molecule has 0 saturated carbocycles. The first kappa shape index (κ1) is 12.3. The molecule has 0 atom stereocenters. The molecule has 0 spiro atoms. The first-order chi connectivity index (χ1) is 7.56. The van der Waals surface area contributed by atoms with Gasteiger partial charge in [-0.2, -0.15) is 0 Å². The van der Waals surface area contributed by atoms with E-state index in [-0.39, 0.29) is 0 Å². The van der Waals surface area contributed by atoms with Crippen LogP contribution >= 0.6 is 0 Å². The third-order valence-electron chi connectivity index (χ3n) is 2.43. The van der Waals surface area contributed by atoms with E-state index in [1.807, 2.05) is 32.9 Å². The Morgan fingerprint density at radius 3 is 2.69 bits per heavy atom. The lowest BCUT2D eigenvalue weighted by Gasteiger charge is -2.13. The van der Waals surface area contributed by atoms with Crippen LogP contribution in [-0.4, -0.2) is 13.0 Å². The lowest BCUT2D eigenvalue weighted by molar-refractivity contribution is -0.105. The Balaban J connectivity index is 2.92. The van der Waals surface area contributed by atoms with Gasteiger partial charge in [-0.15, -0.1) is 0 Å². The standard InChI is InChI=1S/C13H17NO2/c1-9(2)7-16-13-6-5-12(14-8-15)10(3)11(13)4/h5-6,8H,1,7H2,2-4H3,(H,14,15). The summed E-state index contributed by atoms with van der Waals surface area (Å²) in [6.45, 7) is 10.1. The van der Waals surface area contributed by atoms with Crippen molar-refractivity contribution >= 4 is 12.1 Å². The molecule has 1 rings (SSSR count). The summed E-state index contributed by atoms with van der Waals surface area (Å²) in [5, 5.41) is 2.66. The molecule has 0 fully saturated rings. The van der Waals surface area contributed by atoms with Crippen LogP contribution in [0, 0.1) is 13.8 Å². The predicted octanol–water partition coefficient (Wildman–Crippen LogP) is 2.83. The van der Waals surface area contributed by atoms with Gasteiger partial charge in [-0.25, -0.2) is 0 Å². The van der Waals surface area contributed by atoms with Gasteiger partial charge in [0.05, 0.1) is 0 Å². The second-order valence-corrected chi connectivity index (χ2v) is 3.87. The highest BCUT2D eigenvalue weighted by molar-refractivity contribution is 5.74. The van der Waals surface area contributed by atoms with Gasteiger partial charge in [0.25, 0.3) is 0 Å². The molecule has 1 amide bonds. The molecule has 0 aromatic heterocycles. The van der Waals surface area contributed by atoms with Crippen LogP contribution in [-0.2, 0) is 4.79 Å². The fraction of sp³-hybridized carbons (Fsp3) is 0.308. The molecule has 0 aliphatic rings. The first-order valence-electron chi connectivity index (χ1n) is 5.13. The van der Waals surface area contributed by atoms with Crippen LogP contribution in [0.3, 0.4) is 0 Å². The average molecular weight is 219 g/mol. The Hall–Kier alpha value is -1.77. The normalized spacial score (nSPS) is 9.69. The Kier molecular flexibility index (Phi) is 4.11. The van der Waals surface area contributed by atoms with Gasteiger partial charge in [0.15, 0.2) is 0 Å². The van der Waals surface area contributed by atoms with Crippen molar-refractivity contribution in [2.24, 2.45) is 0 Å². The molecule has 0 saturated heterocycles. The second-order valence-electron chi connectivity index (χ2n) is 3.87. The van der Waals surface area contributed by atoms with Crippen LogP contribution in [0.4, 0.5) is 5.69 Å². The van der Waals surface area contributed by atoms with Gasteiger partial charge in [-0.1, -0.05) is 6.58 Å². The van der Waals surface area contributed by atoms with E-state index in [4.69, 9.17) is 4.74 Å². The summed E-state index contributed by atoms with van der Waals surface area (Å²) in [5.74, 6) is 0.831. The number of amides is 1. The van der Waals surface area contributed by atoms with E-state index in [9.17, 15) is 4.79 Å². The van der Waals surface area contributed by atoms with Gasteiger partial charge < -0.3 is 10.1 Å². The zero-order valence-electron chi connectivity index (χ0n) is 9.96. The van der Waals surface area contributed by atoms with Crippen LogP contribution in [0.1, 0.15) is 18.1 Å². The number of rotatable bonds is 5. The molecule has 0 aliphatic carbocycles. The number of hydrogen-bond acceptors (Lipinski definition) is 2. The molecule has 16 heavy (non-hydrogen) atoms. The van der Waals surface area contributed by atoms with Crippen LogP contribution in [0.15, 0.2) is 24.3 Å². The highest BCUT2D eigenvalue weighted by Gasteiger charge is 2.06. The number of anilines is 1. The van der Waals surface area contributed by atoms with Crippen LogP contribution in [0.25, 0.3) is 0 Å². The fourth-order valence-corrected chi connectivity index (χ4v) is 1.37. The largest absolute Gasteiger partial charge is 0.489 e. The van der Waals surface area contributed by atoms with Crippen molar-refractivity contribution in [1.82, 2.24) is 0 Å². The average Bonchev–Trinajstić information content (AvgIpc) is 2.24. The summed E-state index contributed by atoms with van der Waals surface area (Å²) < 4.78 is 5.60. The summed E-state index contributed by atoms with van der Waals surface area (Å²) in [7, 11) is 0. The van der Waals surface area contributed by atoms with Crippen molar-refractivity contribution in [3.63, 3.8) is 0 Å². The molecular weight excluding hydrogens is 202 g/mol. The van der Waals surface area contributed by atoms with E-state index < -0.39 is 0 Å². The van der Waals surface area contributed by atoms with E-state index in [0.29, 0.717) is 13.0 Å². The Labute approximate surface area is 96.1 Å². The maximum atomic E-state index is 10.4. The third kappa shape index (κ3) is 2.86. The van der Waals surface area contributed by atoms with Crippen LogP contribution < -0.4 is 10.1 Å². The van der Waals surface area contributed by atoms with Crippen molar-refractivity contribution in [2.75, 3.05) is 11.9 Å². The smallest absolute Gasteiger partial charge is 0.211 e. The van der Waals surface area contributed by atoms with Crippen molar-refractivity contribution in [2.45, 2.75) is 20.8 Å². The van der Waals surface area contributed by atoms with E-state index in [1.165, 1.54) is 0 Å². The fourth-order valence-electron chi connectivity index (χ4n) is 1.37. The van der Waals surface area contributed by atoms with Crippen molar-refractivity contribution in [3.05, 3.63) is 35.4 Å². The molecule has 1 N–H and O–H groups in total. The van der Waals surface area contributed by atoms with E-state index in [2.05, 4.69) is 11.9 Å². The lowest BCUT2D eigenvalue weighted by atomic mass is 10.1. The van der Waals surface area contributed by atoms with E-state index in [0.717, 1.165) is 28.1 Å². The minimum absolute atomic E-state index is 0.515. The summed E-state index contributed by atoms with van der Waals surface area (Å²) in [6, 6.07) is 3.70. The molecule has 3 nitrogen and oxygen atoms in total. The minimum Gasteiger partial charge on any atom is -0.489 e.